The lowest BCUT2D eigenvalue weighted by Crippen LogP contribution is -2.49. The van der Waals surface area contributed by atoms with Gasteiger partial charge in [-0.2, -0.15) is 0 Å². The van der Waals surface area contributed by atoms with Crippen LogP contribution < -0.4 is 5.32 Å². The third-order valence-corrected chi connectivity index (χ3v) is 6.74. The van der Waals surface area contributed by atoms with Crippen molar-refractivity contribution in [3.8, 4) is 0 Å². The number of rotatable bonds is 5. The molecule has 1 aromatic carbocycles. The van der Waals surface area contributed by atoms with Gasteiger partial charge in [-0.05, 0) is 56.7 Å². The van der Waals surface area contributed by atoms with Crippen LogP contribution in [0.15, 0.2) is 24.5 Å². The first-order valence-electron chi connectivity index (χ1n) is 11.4. The fourth-order valence-corrected chi connectivity index (χ4v) is 4.68. The third kappa shape index (κ3) is 5.07. The first-order chi connectivity index (χ1) is 15.4. The minimum atomic E-state index is -0.221. The Morgan fingerprint density at radius 1 is 1.12 bits per heavy atom. The summed E-state index contributed by atoms with van der Waals surface area (Å²) in [7, 11) is 0. The Morgan fingerprint density at radius 2 is 1.84 bits per heavy atom. The molecule has 2 fully saturated rings. The van der Waals surface area contributed by atoms with E-state index in [0.717, 1.165) is 49.9 Å². The molecule has 4 rings (SSSR count). The zero-order chi connectivity index (χ0) is 22.7. The first-order valence-corrected chi connectivity index (χ1v) is 11.4. The number of aliphatic hydroxyl groups is 1. The lowest BCUT2D eigenvalue weighted by molar-refractivity contribution is 0.0355. The van der Waals surface area contributed by atoms with Gasteiger partial charge in [0.05, 0.1) is 6.10 Å². The second-order valence-electron chi connectivity index (χ2n) is 8.92. The molecule has 0 atom stereocenters. The monoisotopic (exact) mass is 441 g/mol. The standard InChI is InChI=1S/C24H32FN5O2/c1-16-13-18(3-4-21(16)25)14-26-23-17(2)22(27-15-28-23)24(32)30-9-5-19(6-10-30)29-11-7-20(31)8-12-29/h3-4,13,15,19-20,31H,5-12,14H2,1-2H3,(H,26,27,28). The van der Waals surface area contributed by atoms with Gasteiger partial charge in [0.1, 0.15) is 23.7 Å². The predicted octanol–water partition coefficient (Wildman–Crippen LogP) is 2.91. The Morgan fingerprint density at radius 3 is 2.53 bits per heavy atom. The van der Waals surface area contributed by atoms with Crippen LogP contribution in [0.2, 0.25) is 0 Å². The Bertz CT molecular complexity index is 953. The predicted molar refractivity (Wildman–Crippen MR) is 121 cm³/mol. The summed E-state index contributed by atoms with van der Waals surface area (Å²) in [5.41, 5.74) is 2.70. The SMILES string of the molecule is Cc1cc(CNc2ncnc(C(=O)N3CCC(N4CCC(O)CC4)CC3)c2C)ccc1F. The molecule has 2 N–H and O–H groups in total. The molecule has 2 aliphatic rings. The van der Waals surface area contributed by atoms with Crippen molar-refractivity contribution in [2.24, 2.45) is 0 Å². The van der Waals surface area contributed by atoms with Crippen LogP contribution in [0.4, 0.5) is 10.2 Å². The number of aromatic nitrogens is 2. The highest BCUT2D eigenvalue weighted by molar-refractivity contribution is 5.94. The fraction of sp³-hybridized carbons (Fsp3) is 0.542. The van der Waals surface area contributed by atoms with E-state index in [1.165, 1.54) is 12.4 Å². The molecule has 3 heterocycles. The molecule has 172 valence electrons. The minimum Gasteiger partial charge on any atom is -0.393 e. The topological polar surface area (TPSA) is 81.6 Å². The molecule has 2 aliphatic heterocycles. The van der Waals surface area contributed by atoms with Crippen LogP contribution >= 0.6 is 0 Å². The number of benzene rings is 1. The minimum absolute atomic E-state index is 0.0573. The van der Waals surface area contributed by atoms with Gasteiger partial charge < -0.3 is 20.2 Å². The average Bonchev–Trinajstić information content (AvgIpc) is 2.81. The Balaban J connectivity index is 1.36. The van der Waals surface area contributed by atoms with Gasteiger partial charge in [0, 0.05) is 44.3 Å². The molecule has 0 aliphatic carbocycles. The number of nitrogens with zero attached hydrogens (tertiary/aromatic N) is 4. The van der Waals surface area contributed by atoms with Crippen molar-refractivity contribution < 1.29 is 14.3 Å². The Labute approximate surface area is 188 Å². The number of anilines is 1. The summed E-state index contributed by atoms with van der Waals surface area (Å²) in [6, 6.07) is 5.49. The van der Waals surface area contributed by atoms with Gasteiger partial charge in [0.2, 0.25) is 0 Å². The van der Waals surface area contributed by atoms with Gasteiger partial charge in [-0.15, -0.1) is 0 Å². The molecule has 2 aromatic rings. The number of carbonyl (C=O) groups is 1. The molecule has 8 heteroatoms. The van der Waals surface area contributed by atoms with E-state index in [2.05, 4.69) is 20.2 Å². The molecule has 1 amide bonds. The number of nitrogens with one attached hydrogen (secondary N) is 1. The van der Waals surface area contributed by atoms with Crippen LogP contribution in [-0.2, 0) is 6.54 Å². The molecule has 0 radical (unpaired) electrons. The highest BCUT2D eigenvalue weighted by atomic mass is 19.1. The maximum absolute atomic E-state index is 13.5. The van der Waals surface area contributed by atoms with Crippen molar-refractivity contribution in [3.63, 3.8) is 0 Å². The maximum Gasteiger partial charge on any atom is 0.272 e. The number of halogens is 1. The number of aryl methyl sites for hydroxylation is 1. The molecule has 32 heavy (non-hydrogen) atoms. The normalized spacial score (nSPS) is 18.7. The number of aliphatic hydroxyl groups excluding tert-OH is 1. The first kappa shape index (κ1) is 22.6. The molecule has 0 unspecified atom stereocenters. The van der Waals surface area contributed by atoms with Crippen molar-refractivity contribution in [3.05, 3.63) is 52.7 Å². The summed E-state index contributed by atoms with van der Waals surface area (Å²) in [5, 5.41) is 13.0. The molecule has 0 bridgehead atoms. The molecule has 2 saturated heterocycles. The number of carbonyl (C=O) groups excluding carboxylic acids is 1. The van der Waals surface area contributed by atoms with Gasteiger partial charge in [-0.1, -0.05) is 12.1 Å². The van der Waals surface area contributed by atoms with Crippen molar-refractivity contribution in [1.82, 2.24) is 19.8 Å². The lowest BCUT2D eigenvalue weighted by Gasteiger charge is -2.41. The van der Waals surface area contributed by atoms with E-state index in [-0.39, 0.29) is 17.8 Å². The summed E-state index contributed by atoms with van der Waals surface area (Å²) >= 11 is 0. The van der Waals surface area contributed by atoms with Gasteiger partial charge in [0.25, 0.3) is 5.91 Å². The maximum atomic E-state index is 13.5. The van der Waals surface area contributed by atoms with Crippen LogP contribution in [-0.4, -0.2) is 69.1 Å². The average molecular weight is 442 g/mol. The van der Waals surface area contributed by atoms with Gasteiger partial charge in [-0.25, -0.2) is 14.4 Å². The number of hydrogen-bond acceptors (Lipinski definition) is 6. The van der Waals surface area contributed by atoms with E-state index >= 15 is 0 Å². The number of piperidine rings is 2. The van der Waals surface area contributed by atoms with E-state index in [9.17, 15) is 14.3 Å². The Hall–Kier alpha value is -2.58. The van der Waals surface area contributed by atoms with Crippen LogP contribution in [0.3, 0.4) is 0 Å². The molecule has 7 nitrogen and oxygen atoms in total. The second kappa shape index (κ2) is 9.92. The summed E-state index contributed by atoms with van der Waals surface area (Å²) in [4.78, 5) is 26.1. The number of likely N-dealkylation sites (tertiary alicyclic amines) is 2. The molecular formula is C24H32FN5O2. The lowest BCUT2D eigenvalue weighted by atomic mass is 9.98. The van der Waals surface area contributed by atoms with E-state index in [1.54, 1.807) is 19.1 Å². The van der Waals surface area contributed by atoms with E-state index in [1.807, 2.05) is 11.8 Å². The van der Waals surface area contributed by atoms with Gasteiger partial charge in [-0.3, -0.25) is 4.79 Å². The summed E-state index contributed by atoms with van der Waals surface area (Å²) < 4.78 is 13.5. The molecule has 1 aromatic heterocycles. The summed E-state index contributed by atoms with van der Waals surface area (Å²) in [6.45, 7) is 7.39. The van der Waals surface area contributed by atoms with Crippen LogP contribution in [0.5, 0.6) is 0 Å². The van der Waals surface area contributed by atoms with Gasteiger partial charge in [0.15, 0.2) is 0 Å². The number of hydrogen-bond donors (Lipinski definition) is 2. The summed E-state index contributed by atoms with van der Waals surface area (Å²) in [6.07, 6.45) is 4.83. The van der Waals surface area contributed by atoms with Crippen molar-refractivity contribution in [2.45, 2.75) is 58.2 Å². The molecule has 0 saturated carbocycles. The highest BCUT2D eigenvalue weighted by Crippen LogP contribution is 2.23. The second-order valence-corrected chi connectivity index (χ2v) is 8.92. The van der Waals surface area contributed by atoms with Gasteiger partial charge >= 0.3 is 0 Å². The van der Waals surface area contributed by atoms with E-state index in [0.29, 0.717) is 42.8 Å². The van der Waals surface area contributed by atoms with Crippen LogP contribution in [0, 0.1) is 19.7 Å². The molecular weight excluding hydrogens is 409 g/mol. The van der Waals surface area contributed by atoms with Crippen molar-refractivity contribution >= 4 is 11.7 Å². The smallest absolute Gasteiger partial charge is 0.272 e. The van der Waals surface area contributed by atoms with Crippen molar-refractivity contribution in [1.29, 1.82) is 0 Å². The molecule has 0 spiro atoms. The zero-order valence-electron chi connectivity index (χ0n) is 18.9. The Kier molecular flexibility index (Phi) is 7.01. The quantitative estimate of drug-likeness (QED) is 0.743. The van der Waals surface area contributed by atoms with Crippen molar-refractivity contribution in [2.75, 3.05) is 31.5 Å². The highest BCUT2D eigenvalue weighted by Gasteiger charge is 2.30. The summed E-state index contributed by atoms with van der Waals surface area (Å²) in [5.74, 6) is 0.340. The number of amides is 1. The van der Waals surface area contributed by atoms with Crippen LogP contribution in [0.1, 0.15) is 52.9 Å². The largest absolute Gasteiger partial charge is 0.393 e. The van der Waals surface area contributed by atoms with Crippen LogP contribution in [0.25, 0.3) is 0 Å². The third-order valence-electron chi connectivity index (χ3n) is 6.74. The zero-order valence-corrected chi connectivity index (χ0v) is 18.9. The van der Waals surface area contributed by atoms with E-state index in [4.69, 9.17) is 0 Å². The fourth-order valence-electron chi connectivity index (χ4n) is 4.68. The van der Waals surface area contributed by atoms with E-state index < -0.39 is 0 Å².